The molecule has 90 valence electrons. The fraction of sp³-hybridized carbons (Fsp3) is 0.615. The molecule has 0 aromatic carbocycles. The van der Waals surface area contributed by atoms with E-state index in [1.807, 2.05) is 19.2 Å². The second-order valence-corrected chi connectivity index (χ2v) is 3.91. The Bertz CT molecular complexity index is 289. The van der Waals surface area contributed by atoms with E-state index in [1.54, 1.807) is 6.20 Å². The van der Waals surface area contributed by atoms with Crippen LogP contribution >= 0.6 is 0 Å². The lowest BCUT2D eigenvalue weighted by Gasteiger charge is -2.09. The molecule has 1 aromatic heterocycles. The Balaban J connectivity index is 2.34. The van der Waals surface area contributed by atoms with Crippen LogP contribution in [0, 0.1) is 0 Å². The molecule has 16 heavy (non-hydrogen) atoms. The average Bonchev–Trinajstić information content (AvgIpc) is 2.31. The summed E-state index contributed by atoms with van der Waals surface area (Å²) < 4.78 is 5.69. The molecule has 0 spiro atoms. The molecule has 0 aliphatic carbocycles. The quantitative estimate of drug-likeness (QED) is 0.687. The normalized spacial score (nSPS) is 10.4. The minimum atomic E-state index is 0.772. The van der Waals surface area contributed by atoms with E-state index in [2.05, 4.69) is 17.2 Å². The first kappa shape index (κ1) is 13.0. The first-order valence-electron chi connectivity index (χ1n) is 6.09. The van der Waals surface area contributed by atoms with Crippen LogP contribution in [0.2, 0.25) is 0 Å². The number of hydrogen-bond donors (Lipinski definition) is 1. The summed E-state index contributed by atoms with van der Waals surface area (Å²) in [5.74, 6) is 0.772. The summed E-state index contributed by atoms with van der Waals surface area (Å²) in [4.78, 5) is 4.25. The molecule has 3 heteroatoms. The third kappa shape index (κ3) is 4.62. The van der Waals surface area contributed by atoms with Crippen molar-refractivity contribution < 1.29 is 4.74 Å². The molecule has 0 aliphatic rings. The summed E-state index contributed by atoms with van der Waals surface area (Å²) in [6.07, 6.45) is 6.68. The van der Waals surface area contributed by atoms with Crippen LogP contribution in [0.25, 0.3) is 0 Å². The van der Waals surface area contributed by atoms with Crippen LogP contribution in [0.4, 0.5) is 0 Å². The van der Waals surface area contributed by atoms with Gasteiger partial charge in [0.1, 0.15) is 0 Å². The van der Waals surface area contributed by atoms with Gasteiger partial charge in [-0.2, -0.15) is 0 Å². The highest BCUT2D eigenvalue weighted by molar-refractivity contribution is 5.25. The number of nitrogens with zero attached hydrogens (tertiary/aromatic N) is 1. The summed E-state index contributed by atoms with van der Waals surface area (Å²) in [5, 5.41) is 3.12. The van der Waals surface area contributed by atoms with E-state index in [1.165, 1.54) is 19.3 Å². The van der Waals surface area contributed by atoms with Crippen molar-refractivity contribution in [2.75, 3.05) is 13.7 Å². The zero-order valence-electron chi connectivity index (χ0n) is 10.3. The van der Waals surface area contributed by atoms with Crippen LogP contribution in [0.15, 0.2) is 18.3 Å². The third-order valence-corrected chi connectivity index (χ3v) is 2.45. The number of nitrogens with one attached hydrogen (secondary N) is 1. The van der Waals surface area contributed by atoms with Gasteiger partial charge >= 0.3 is 0 Å². The van der Waals surface area contributed by atoms with Crippen molar-refractivity contribution in [2.45, 2.75) is 39.2 Å². The summed E-state index contributed by atoms with van der Waals surface area (Å²) >= 11 is 0. The molecule has 1 heterocycles. The number of ether oxygens (including phenoxy) is 1. The number of aromatic nitrogens is 1. The van der Waals surface area contributed by atoms with Crippen molar-refractivity contribution in [2.24, 2.45) is 0 Å². The van der Waals surface area contributed by atoms with Crippen LogP contribution in [-0.4, -0.2) is 18.6 Å². The maximum absolute atomic E-state index is 5.69. The number of hydrogen-bond acceptors (Lipinski definition) is 3. The Morgan fingerprint density at radius 2 is 2.19 bits per heavy atom. The molecule has 0 saturated carbocycles. The van der Waals surface area contributed by atoms with Crippen molar-refractivity contribution in [3.8, 4) is 5.88 Å². The molecule has 0 fully saturated rings. The Morgan fingerprint density at radius 1 is 1.31 bits per heavy atom. The van der Waals surface area contributed by atoms with Crippen LogP contribution in [0.5, 0.6) is 5.88 Å². The van der Waals surface area contributed by atoms with Crippen LogP contribution in [0.3, 0.4) is 0 Å². The molecule has 3 nitrogen and oxygen atoms in total. The van der Waals surface area contributed by atoms with E-state index in [4.69, 9.17) is 4.74 Å². The van der Waals surface area contributed by atoms with Gasteiger partial charge in [-0.15, -0.1) is 0 Å². The molecule has 1 aromatic rings. The molecule has 1 rings (SSSR count). The maximum atomic E-state index is 5.69. The monoisotopic (exact) mass is 222 g/mol. The van der Waals surface area contributed by atoms with Gasteiger partial charge in [0, 0.05) is 18.3 Å². The summed E-state index contributed by atoms with van der Waals surface area (Å²) in [7, 11) is 1.93. The standard InChI is InChI=1S/C13H22N2O/c1-3-4-5-6-10-16-13-12(11-14-2)8-7-9-15-13/h7-9,14H,3-6,10-11H2,1-2H3. The summed E-state index contributed by atoms with van der Waals surface area (Å²) in [6, 6.07) is 3.99. The Hall–Kier alpha value is -1.09. The van der Waals surface area contributed by atoms with E-state index in [0.29, 0.717) is 0 Å². The van der Waals surface area contributed by atoms with Gasteiger partial charge in [0.15, 0.2) is 0 Å². The minimum Gasteiger partial charge on any atom is -0.477 e. The third-order valence-electron chi connectivity index (χ3n) is 2.45. The zero-order valence-corrected chi connectivity index (χ0v) is 10.3. The second kappa shape index (κ2) is 8.11. The number of pyridine rings is 1. The topological polar surface area (TPSA) is 34.1 Å². The van der Waals surface area contributed by atoms with Gasteiger partial charge in [0.25, 0.3) is 0 Å². The fourth-order valence-electron chi connectivity index (χ4n) is 1.58. The average molecular weight is 222 g/mol. The number of unbranched alkanes of at least 4 members (excludes halogenated alkanes) is 3. The van der Waals surface area contributed by atoms with Crippen molar-refractivity contribution >= 4 is 0 Å². The fourth-order valence-corrected chi connectivity index (χ4v) is 1.58. The predicted octanol–water partition coefficient (Wildman–Crippen LogP) is 2.76. The van der Waals surface area contributed by atoms with Crippen molar-refractivity contribution in [3.63, 3.8) is 0 Å². The molecule has 0 radical (unpaired) electrons. The van der Waals surface area contributed by atoms with Gasteiger partial charge in [-0.1, -0.05) is 32.3 Å². The van der Waals surface area contributed by atoms with Gasteiger partial charge in [0.05, 0.1) is 6.61 Å². The highest BCUT2D eigenvalue weighted by Gasteiger charge is 2.02. The second-order valence-electron chi connectivity index (χ2n) is 3.91. The first-order chi connectivity index (χ1) is 7.88. The van der Waals surface area contributed by atoms with Gasteiger partial charge in [-0.05, 0) is 19.5 Å². The van der Waals surface area contributed by atoms with E-state index in [0.717, 1.165) is 31.0 Å². The van der Waals surface area contributed by atoms with Crippen LogP contribution < -0.4 is 10.1 Å². The Labute approximate surface area is 98.2 Å². The SMILES string of the molecule is CCCCCCOc1ncccc1CNC. The van der Waals surface area contributed by atoms with Crippen LogP contribution in [-0.2, 0) is 6.54 Å². The lowest BCUT2D eigenvalue weighted by Crippen LogP contribution is -2.09. The van der Waals surface area contributed by atoms with E-state index in [-0.39, 0.29) is 0 Å². The molecule has 0 amide bonds. The maximum Gasteiger partial charge on any atom is 0.217 e. The highest BCUT2D eigenvalue weighted by Crippen LogP contribution is 2.14. The van der Waals surface area contributed by atoms with Crippen molar-refractivity contribution in [1.82, 2.24) is 10.3 Å². The van der Waals surface area contributed by atoms with Crippen molar-refractivity contribution in [1.29, 1.82) is 0 Å². The van der Waals surface area contributed by atoms with E-state index >= 15 is 0 Å². The molecule has 0 saturated heterocycles. The summed E-state index contributed by atoms with van der Waals surface area (Å²) in [6.45, 7) is 3.79. The minimum absolute atomic E-state index is 0.772. The van der Waals surface area contributed by atoms with E-state index in [9.17, 15) is 0 Å². The summed E-state index contributed by atoms with van der Waals surface area (Å²) in [5.41, 5.74) is 1.13. The first-order valence-corrected chi connectivity index (χ1v) is 6.09. The van der Waals surface area contributed by atoms with Gasteiger partial charge in [0.2, 0.25) is 5.88 Å². The molecular formula is C13H22N2O. The smallest absolute Gasteiger partial charge is 0.217 e. The lowest BCUT2D eigenvalue weighted by atomic mass is 10.2. The molecule has 1 N–H and O–H groups in total. The molecular weight excluding hydrogens is 200 g/mol. The lowest BCUT2D eigenvalue weighted by molar-refractivity contribution is 0.290. The Morgan fingerprint density at radius 3 is 2.94 bits per heavy atom. The van der Waals surface area contributed by atoms with Gasteiger partial charge < -0.3 is 10.1 Å². The number of rotatable bonds is 8. The van der Waals surface area contributed by atoms with Gasteiger partial charge in [-0.25, -0.2) is 4.98 Å². The molecule has 0 unspecified atom stereocenters. The predicted molar refractivity (Wildman–Crippen MR) is 66.6 cm³/mol. The largest absolute Gasteiger partial charge is 0.477 e. The molecule has 0 aliphatic heterocycles. The molecule has 0 atom stereocenters. The van der Waals surface area contributed by atoms with Crippen molar-refractivity contribution in [3.05, 3.63) is 23.9 Å². The highest BCUT2D eigenvalue weighted by atomic mass is 16.5. The molecule has 0 bridgehead atoms. The zero-order chi connectivity index (χ0) is 11.6. The Kier molecular flexibility index (Phi) is 6.58. The van der Waals surface area contributed by atoms with Crippen LogP contribution in [0.1, 0.15) is 38.2 Å². The van der Waals surface area contributed by atoms with E-state index < -0.39 is 0 Å². The van der Waals surface area contributed by atoms with Gasteiger partial charge in [-0.3, -0.25) is 0 Å².